The van der Waals surface area contributed by atoms with Crippen molar-refractivity contribution in [3.05, 3.63) is 65.2 Å². The van der Waals surface area contributed by atoms with Gasteiger partial charge in [0.1, 0.15) is 6.04 Å². The lowest BCUT2D eigenvalue weighted by Crippen LogP contribution is -2.52. The monoisotopic (exact) mass is 471 g/mol. The maximum atomic E-state index is 13.4. The van der Waals surface area contributed by atoms with Crippen molar-refractivity contribution in [2.75, 3.05) is 26.2 Å². The molecule has 2 amide bonds. The first-order valence-corrected chi connectivity index (χ1v) is 12.8. The van der Waals surface area contributed by atoms with Crippen LogP contribution in [0.2, 0.25) is 0 Å². The van der Waals surface area contributed by atoms with E-state index in [0.717, 1.165) is 11.1 Å². The minimum absolute atomic E-state index is 0.110. The van der Waals surface area contributed by atoms with Crippen molar-refractivity contribution in [2.24, 2.45) is 5.92 Å². The largest absolute Gasteiger partial charge is 0.340 e. The number of hydrogen-bond acceptors (Lipinski definition) is 4. The van der Waals surface area contributed by atoms with Gasteiger partial charge in [0.05, 0.1) is 4.90 Å². The number of sulfonamides is 1. The molecule has 3 rings (SSSR count). The predicted molar refractivity (Wildman–Crippen MR) is 128 cm³/mol. The fourth-order valence-electron chi connectivity index (χ4n) is 3.97. The van der Waals surface area contributed by atoms with Crippen molar-refractivity contribution in [2.45, 2.75) is 45.1 Å². The van der Waals surface area contributed by atoms with E-state index in [0.29, 0.717) is 25.1 Å². The lowest BCUT2D eigenvalue weighted by molar-refractivity contribution is -0.134. The van der Waals surface area contributed by atoms with E-state index in [9.17, 15) is 18.0 Å². The molecule has 1 N–H and O–H groups in total. The Morgan fingerprint density at radius 3 is 2.21 bits per heavy atom. The van der Waals surface area contributed by atoms with Crippen LogP contribution in [-0.4, -0.2) is 61.7 Å². The number of aryl methyl sites for hydroxylation is 2. The highest BCUT2D eigenvalue weighted by Gasteiger charge is 2.33. The minimum atomic E-state index is -3.62. The minimum Gasteiger partial charge on any atom is -0.340 e. The molecular weight excluding hydrogens is 438 g/mol. The number of nitrogens with one attached hydrogen (secondary N) is 1. The molecule has 0 aliphatic carbocycles. The molecule has 2 aromatic carbocycles. The van der Waals surface area contributed by atoms with Crippen molar-refractivity contribution >= 4 is 21.8 Å². The van der Waals surface area contributed by atoms with Crippen LogP contribution in [0.25, 0.3) is 0 Å². The Hall–Kier alpha value is -2.71. The van der Waals surface area contributed by atoms with E-state index < -0.39 is 16.1 Å². The Balaban J connectivity index is 1.71. The van der Waals surface area contributed by atoms with Crippen molar-refractivity contribution in [1.82, 2.24) is 14.5 Å². The standard InChI is InChI=1S/C25H33N3O4S/c1-18(2)23(26-24(29)22-9-6-5-8-20(22)4)25(30)27-14-7-15-28(17-16-27)33(31,32)21-12-10-19(3)11-13-21/h5-6,8-13,18,23H,7,14-17H2,1-4H3,(H,26,29). The van der Waals surface area contributed by atoms with Gasteiger partial charge in [-0.3, -0.25) is 9.59 Å². The summed E-state index contributed by atoms with van der Waals surface area (Å²) in [7, 11) is -3.62. The summed E-state index contributed by atoms with van der Waals surface area (Å²) < 4.78 is 27.6. The van der Waals surface area contributed by atoms with Gasteiger partial charge in [-0.1, -0.05) is 49.7 Å². The van der Waals surface area contributed by atoms with Crippen LogP contribution >= 0.6 is 0 Å². The van der Waals surface area contributed by atoms with Gasteiger partial charge in [-0.2, -0.15) is 4.31 Å². The lowest BCUT2D eigenvalue weighted by Gasteiger charge is -2.29. The number of amides is 2. The molecule has 178 valence electrons. The summed E-state index contributed by atoms with van der Waals surface area (Å²) in [6, 6.07) is 13.4. The molecule has 1 heterocycles. The van der Waals surface area contributed by atoms with Gasteiger partial charge in [-0.15, -0.1) is 0 Å². The third-order valence-electron chi connectivity index (χ3n) is 6.03. The SMILES string of the molecule is Cc1ccc(S(=O)(=O)N2CCCN(C(=O)C(NC(=O)c3ccccc3C)C(C)C)CC2)cc1. The fraction of sp³-hybridized carbons (Fsp3) is 0.440. The smallest absolute Gasteiger partial charge is 0.252 e. The number of hydrogen-bond donors (Lipinski definition) is 1. The number of carbonyl (C=O) groups is 2. The van der Waals surface area contributed by atoms with Crippen LogP contribution in [0, 0.1) is 19.8 Å². The summed E-state index contributed by atoms with van der Waals surface area (Å²) >= 11 is 0. The second-order valence-corrected chi connectivity index (χ2v) is 10.8. The summed E-state index contributed by atoms with van der Waals surface area (Å²) in [5, 5.41) is 2.90. The molecule has 7 nitrogen and oxygen atoms in total. The normalized spacial score (nSPS) is 16.3. The third-order valence-corrected chi connectivity index (χ3v) is 7.95. The van der Waals surface area contributed by atoms with Crippen LogP contribution in [-0.2, 0) is 14.8 Å². The Morgan fingerprint density at radius 1 is 0.909 bits per heavy atom. The molecule has 1 aliphatic rings. The van der Waals surface area contributed by atoms with Gasteiger partial charge in [0.15, 0.2) is 0 Å². The Bertz CT molecular complexity index is 1100. The number of rotatable bonds is 6. The Kier molecular flexibility index (Phi) is 7.92. The topological polar surface area (TPSA) is 86.8 Å². The van der Waals surface area contributed by atoms with Crippen molar-refractivity contribution in [3.63, 3.8) is 0 Å². The molecule has 0 radical (unpaired) electrons. The van der Waals surface area contributed by atoms with Crippen molar-refractivity contribution in [3.8, 4) is 0 Å². The average Bonchev–Trinajstić information content (AvgIpc) is 3.04. The quantitative estimate of drug-likeness (QED) is 0.702. The van der Waals surface area contributed by atoms with E-state index in [4.69, 9.17) is 0 Å². The summed E-state index contributed by atoms with van der Waals surface area (Å²) in [6.45, 7) is 8.86. The Labute approximate surface area is 196 Å². The zero-order valence-corrected chi connectivity index (χ0v) is 20.6. The molecule has 1 fully saturated rings. The molecule has 33 heavy (non-hydrogen) atoms. The number of carbonyl (C=O) groups excluding carboxylic acids is 2. The Morgan fingerprint density at radius 2 is 1.58 bits per heavy atom. The average molecular weight is 472 g/mol. The van der Waals surface area contributed by atoms with E-state index in [1.54, 1.807) is 41.3 Å². The molecular formula is C25H33N3O4S. The van der Waals surface area contributed by atoms with Crippen LogP contribution in [0.3, 0.4) is 0 Å². The summed E-state index contributed by atoms with van der Waals surface area (Å²) in [4.78, 5) is 28.1. The first kappa shape index (κ1) is 24.9. The molecule has 1 atom stereocenters. The first-order chi connectivity index (χ1) is 15.6. The molecule has 0 bridgehead atoms. The zero-order valence-electron chi connectivity index (χ0n) is 19.7. The summed E-state index contributed by atoms with van der Waals surface area (Å²) in [5.74, 6) is -0.568. The maximum absolute atomic E-state index is 13.4. The second kappa shape index (κ2) is 10.5. The molecule has 2 aromatic rings. The van der Waals surface area contributed by atoms with Gasteiger partial charge in [0.2, 0.25) is 15.9 Å². The zero-order chi connectivity index (χ0) is 24.2. The van der Waals surface area contributed by atoms with Crippen LogP contribution in [0.4, 0.5) is 0 Å². The number of nitrogens with zero attached hydrogens (tertiary/aromatic N) is 2. The molecule has 1 saturated heterocycles. The van der Waals surface area contributed by atoms with Crippen LogP contribution < -0.4 is 5.32 Å². The van der Waals surface area contributed by atoms with E-state index in [1.807, 2.05) is 39.8 Å². The first-order valence-electron chi connectivity index (χ1n) is 11.3. The molecule has 0 saturated carbocycles. The van der Waals surface area contributed by atoms with Crippen molar-refractivity contribution < 1.29 is 18.0 Å². The highest BCUT2D eigenvalue weighted by molar-refractivity contribution is 7.89. The summed E-state index contributed by atoms with van der Waals surface area (Å²) in [6.07, 6.45) is 0.535. The predicted octanol–water partition coefficient (Wildman–Crippen LogP) is 2.98. The lowest BCUT2D eigenvalue weighted by atomic mass is 10.0. The highest BCUT2D eigenvalue weighted by Crippen LogP contribution is 2.19. The van der Waals surface area contributed by atoms with E-state index >= 15 is 0 Å². The van der Waals surface area contributed by atoms with Gasteiger partial charge in [0, 0.05) is 31.7 Å². The van der Waals surface area contributed by atoms with Gasteiger partial charge in [0.25, 0.3) is 5.91 Å². The van der Waals surface area contributed by atoms with E-state index in [2.05, 4.69) is 5.32 Å². The molecule has 0 aromatic heterocycles. The molecule has 1 aliphatic heterocycles. The third kappa shape index (κ3) is 5.81. The molecule has 0 spiro atoms. The summed E-state index contributed by atoms with van der Waals surface area (Å²) in [5.41, 5.74) is 2.38. The van der Waals surface area contributed by atoms with Crippen molar-refractivity contribution in [1.29, 1.82) is 0 Å². The van der Waals surface area contributed by atoms with Gasteiger partial charge < -0.3 is 10.2 Å². The van der Waals surface area contributed by atoms with Gasteiger partial charge in [-0.05, 0) is 49.9 Å². The molecule has 1 unspecified atom stereocenters. The van der Waals surface area contributed by atoms with Crippen LogP contribution in [0.5, 0.6) is 0 Å². The van der Waals surface area contributed by atoms with Gasteiger partial charge in [-0.25, -0.2) is 8.42 Å². The van der Waals surface area contributed by atoms with Crippen LogP contribution in [0.1, 0.15) is 41.8 Å². The molecule has 8 heteroatoms. The fourth-order valence-corrected chi connectivity index (χ4v) is 5.44. The highest BCUT2D eigenvalue weighted by atomic mass is 32.2. The second-order valence-electron chi connectivity index (χ2n) is 8.91. The van der Waals surface area contributed by atoms with E-state index in [-0.39, 0.29) is 35.7 Å². The maximum Gasteiger partial charge on any atom is 0.252 e. The van der Waals surface area contributed by atoms with Gasteiger partial charge >= 0.3 is 0 Å². The number of benzene rings is 2. The van der Waals surface area contributed by atoms with E-state index in [1.165, 1.54) is 4.31 Å². The van der Waals surface area contributed by atoms with Crippen LogP contribution in [0.15, 0.2) is 53.4 Å².